The number of piperidine rings is 1. The minimum atomic E-state index is -0.559. The Labute approximate surface area is 193 Å². The third-order valence-electron chi connectivity index (χ3n) is 5.68. The fourth-order valence-corrected chi connectivity index (χ4v) is 4.51. The molecule has 1 aliphatic rings. The first-order chi connectivity index (χ1) is 15.5. The van der Waals surface area contributed by atoms with Gasteiger partial charge < -0.3 is 16.0 Å². The van der Waals surface area contributed by atoms with Gasteiger partial charge in [0.15, 0.2) is 0 Å². The first kappa shape index (κ1) is 20.9. The highest BCUT2D eigenvalue weighted by molar-refractivity contribution is 6.39. The van der Waals surface area contributed by atoms with Gasteiger partial charge in [0, 0.05) is 29.1 Å². The quantitative estimate of drug-likeness (QED) is 0.365. The number of imidazole rings is 1. The summed E-state index contributed by atoms with van der Waals surface area (Å²) in [4.78, 5) is 11.9. The normalized spacial score (nSPS) is 14.7. The Balaban J connectivity index is 1.48. The summed E-state index contributed by atoms with van der Waals surface area (Å²) in [6, 6.07) is 4.97. The van der Waals surface area contributed by atoms with Crippen LogP contribution in [0.15, 0.2) is 43.0 Å². The molecule has 0 atom stereocenters. The highest BCUT2D eigenvalue weighted by atomic mass is 35.5. The number of anilines is 1. The fourth-order valence-electron chi connectivity index (χ4n) is 3.94. The van der Waals surface area contributed by atoms with Gasteiger partial charge in [-0.05, 0) is 44.1 Å². The van der Waals surface area contributed by atoms with Gasteiger partial charge in [-0.3, -0.25) is 4.68 Å². The molecule has 32 heavy (non-hydrogen) atoms. The number of hydrogen-bond donors (Lipinski definition) is 3. The van der Waals surface area contributed by atoms with Crippen LogP contribution in [0.4, 0.5) is 10.2 Å². The van der Waals surface area contributed by atoms with E-state index in [0.29, 0.717) is 39.5 Å². The lowest BCUT2D eigenvalue weighted by molar-refractivity contribution is 0.343. The molecule has 164 valence electrons. The van der Waals surface area contributed by atoms with Crippen molar-refractivity contribution < 1.29 is 4.39 Å². The molecular formula is C22H20Cl2FN7. The lowest BCUT2D eigenvalue weighted by atomic mass is 10.1. The first-order valence-corrected chi connectivity index (χ1v) is 11.0. The van der Waals surface area contributed by atoms with Crippen LogP contribution in [0.2, 0.25) is 10.0 Å². The third kappa shape index (κ3) is 3.85. The number of aromatic nitrogens is 5. The summed E-state index contributed by atoms with van der Waals surface area (Å²) in [7, 11) is 0. The van der Waals surface area contributed by atoms with Gasteiger partial charge in [0.1, 0.15) is 17.5 Å². The summed E-state index contributed by atoms with van der Waals surface area (Å²) in [5.74, 6) is 0.238. The summed E-state index contributed by atoms with van der Waals surface area (Å²) in [5, 5.41) is 8.16. The number of rotatable bonds is 4. The molecule has 0 radical (unpaired) electrons. The molecule has 3 aromatic heterocycles. The SMILES string of the molecule is Nc1ncc(-c2cnn(C3CCNCC3)c2)cc1-c1ncc(-c2c(Cl)ccc(F)c2Cl)[nH]1. The van der Waals surface area contributed by atoms with Crippen molar-refractivity contribution in [2.45, 2.75) is 18.9 Å². The Morgan fingerprint density at radius 3 is 2.69 bits per heavy atom. The van der Waals surface area contributed by atoms with E-state index in [1.54, 1.807) is 12.4 Å². The van der Waals surface area contributed by atoms with Crippen LogP contribution in [0.1, 0.15) is 18.9 Å². The number of nitrogens with zero attached hydrogens (tertiary/aromatic N) is 4. The van der Waals surface area contributed by atoms with E-state index in [4.69, 9.17) is 28.9 Å². The van der Waals surface area contributed by atoms with Gasteiger partial charge in [-0.25, -0.2) is 14.4 Å². The van der Waals surface area contributed by atoms with Crippen LogP contribution in [-0.4, -0.2) is 37.8 Å². The molecule has 10 heteroatoms. The number of H-pyrrole nitrogens is 1. The molecule has 1 saturated heterocycles. The molecule has 0 amide bonds. The molecule has 7 nitrogen and oxygen atoms in total. The highest BCUT2D eigenvalue weighted by Gasteiger charge is 2.19. The van der Waals surface area contributed by atoms with Gasteiger partial charge in [0.25, 0.3) is 0 Å². The zero-order valence-electron chi connectivity index (χ0n) is 16.9. The second-order valence-electron chi connectivity index (χ2n) is 7.71. The number of nitrogens with one attached hydrogen (secondary N) is 2. The minimum absolute atomic E-state index is 0.0714. The van der Waals surface area contributed by atoms with Gasteiger partial charge in [0.05, 0.1) is 39.7 Å². The topological polar surface area (TPSA) is 97.4 Å². The lowest BCUT2D eigenvalue weighted by Crippen LogP contribution is -2.29. The van der Waals surface area contributed by atoms with Crippen LogP contribution < -0.4 is 11.1 Å². The van der Waals surface area contributed by atoms with Crippen molar-refractivity contribution in [3.05, 3.63) is 58.8 Å². The Morgan fingerprint density at radius 1 is 1.06 bits per heavy atom. The van der Waals surface area contributed by atoms with Crippen LogP contribution in [0.3, 0.4) is 0 Å². The molecule has 0 bridgehead atoms. The molecule has 4 N–H and O–H groups in total. The van der Waals surface area contributed by atoms with Gasteiger partial charge in [-0.2, -0.15) is 5.10 Å². The van der Waals surface area contributed by atoms with Crippen molar-refractivity contribution >= 4 is 29.0 Å². The van der Waals surface area contributed by atoms with Crippen molar-refractivity contribution in [1.82, 2.24) is 30.0 Å². The average Bonchev–Trinajstić information content (AvgIpc) is 3.48. The monoisotopic (exact) mass is 471 g/mol. The molecule has 0 saturated carbocycles. The van der Waals surface area contributed by atoms with Crippen molar-refractivity contribution in [1.29, 1.82) is 0 Å². The standard InChI is InChI=1S/C22H20Cl2FN7/c23-16-1-2-17(25)20(24)19(16)18-10-29-22(31-18)15-7-12(8-28-21(15)26)13-9-30-32(11-13)14-3-5-27-6-4-14/h1-2,7-11,14,27H,3-6H2,(H2,26,28)(H,29,31). The smallest absolute Gasteiger partial charge is 0.142 e. The van der Waals surface area contributed by atoms with Crippen molar-refractivity contribution in [2.75, 3.05) is 18.8 Å². The molecule has 4 aromatic rings. The summed E-state index contributed by atoms with van der Waals surface area (Å²) in [5.41, 5.74) is 9.40. The van der Waals surface area contributed by atoms with Gasteiger partial charge in [-0.15, -0.1) is 0 Å². The number of nitrogens with two attached hydrogens (primary N) is 1. The zero-order chi connectivity index (χ0) is 22.2. The van der Waals surface area contributed by atoms with Crippen molar-refractivity contribution in [3.8, 4) is 33.8 Å². The molecule has 0 unspecified atom stereocenters. The molecule has 1 aliphatic heterocycles. The van der Waals surface area contributed by atoms with Gasteiger partial charge in [-0.1, -0.05) is 23.2 Å². The number of halogens is 3. The number of pyridine rings is 1. The van der Waals surface area contributed by atoms with Gasteiger partial charge >= 0.3 is 0 Å². The largest absolute Gasteiger partial charge is 0.383 e. The average molecular weight is 472 g/mol. The second-order valence-corrected chi connectivity index (χ2v) is 8.50. The number of aromatic amines is 1. The van der Waals surface area contributed by atoms with Crippen LogP contribution in [0.5, 0.6) is 0 Å². The maximum atomic E-state index is 13.9. The third-order valence-corrected chi connectivity index (χ3v) is 6.36. The van der Waals surface area contributed by atoms with Crippen molar-refractivity contribution in [2.24, 2.45) is 0 Å². The van der Waals surface area contributed by atoms with E-state index in [-0.39, 0.29) is 5.02 Å². The van der Waals surface area contributed by atoms with E-state index >= 15 is 0 Å². The van der Waals surface area contributed by atoms with E-state index in [2.05, 4.69) is 25.4 Å². The number of hydrogen-bond acceptors (Lipinski definition) is 5. The summed E-state index contributed by atoms with van der Waals surface area (Å²) in [6.45, 7) is 1.99. The van der Waals surface area contributed by atoms with Gasteiger partial charge in [0.2, 0.25) is 0 Å². The summed E-state index contributed by atoms with van der Waals surface area (Å²) in [6.07, 6.45) is 9.22. The lowest BCUT2D eigenvalue weighted by Gasteiger charge is -2.22. The zero-order valence-corrected chi connectivity index (χ0v) is 18.5. The Morgan fingerprint density at radius 2 is 1.88 bits per heavy atom. The fraction of sp³-hybridized carbons (Fsp3) is 0.227. The molecule has 0 spiro atoms. The number of benzene rings is 1. The second kappa shape index (κ2) is 8.54. The van der Waals surface area contributed by atoms with E-state index in [1.807, 2.05) is 23.1 Å². The molecular weight excluding hydrogens is 452 g/mol. The molecule has 4 heterocycles. The number of nitrogen functional groups attached to an aromatic ring is 1. The van der Waals surface area contributed by atoms with E-state index in [1.165, 1.54) is 12.1 Å². The van der Waals surface area contributed by atoms with E-state index in [0.717, 1.165) is 37.1 Å². The maximum absolute atomic E-state index is 13.9. The Kier molecular flexibility index (Phi) is 5.58. The molecule has 1 aromatic carbocycles. The molecule has 0 aliphatic carbocycles. The van der Waals surface area contributed by atoms with Crippen molar-refractivity contribution in [3.63, 3.8) is 0 Å². The Bertz CT molecular complexity index is 1280. The van der Waals surface area contributed by atoms with E-state index < -0.39 is 5.82 Å². The summed E-state index contributed by atoms with van der Waals surface area (Å²) < 4.78 is 16.0. The van der Waals surface area contributed by atoms with E-state index in [9.17, 15) is 4.39 Å². The van der Waals surface area contributed by atoms with Crippen LogP contribution in [-0.2, 0) is 0 Å². The van der Waals surface area contributed by atoms with Crippen LogP contribution in [0.25, 0.3) is 33.8 Å². The Hall–Kier alpha value is -2.94. The molecule has 1 fully saturated rings. The van der Waals surface area contributed by atoms with Crippen LogP contribution in [0, 0.1) is 5.82 Å². The predicted molar refractivity (Wildman–Crippen MR) is 124 cm³/mol. The van der Waals surface area contributed by atoms with Crippen LogP contribution >= 0.6 is 23.2 Å². The summed E-state index contributed by atoms with van der Waals surface area (Å²) >= 11 is 12.4. The maximum Gasteiger partial charge on any atom is 0.142 e. The predicted octanol–water partition coefficient (Wildman–Crippen LogP) is 4.95. The highest BCUT2D eigenvalue weighted by Crippen LogP contribution is 2.37. The first-order valence-electron chi connectivity index (χ1n) is 10.2. The minimum Gasteiger partial charge on any atom is -0.383 e. The molecule has 5 rings (SSSR count).